The van der Waals surface area contributed by atoms with E-state index in [1.54, 1.807) is 24.3 Å². The molecule has 1 aliphatic heterocycles. The van der Waals surface area contributed by atoms with E-state index in [0.29, 0.717) is 15.0 Å². The van der Waals surface area contributed by atoms with Crippen molar-refractivity contribution in [3.8, 4) is 0 Å². The number of carbonyl (C=O) groups is 1. The van der Waals surface area contributed by atoms with Crippen LogP contribution >= 0.6 is 35.6 Å². The van der Waals surface area contributed by atoms with E-state index in [-0.39, 0.29) is 0 Å². The molecule has 2 N–H and O–H groups in total. The maximum Gasteiger partial charge on any atom is 0.346 e. The average Bonchev–Trinajstić information content (AvgIpc) is 2.76. The van der Waals surface area contributed by atoms with E-state index in [1.165, 1.54) is 11.8 Å². The number of anilines is 1. The van der Waals surface area contributed by atoms with Gasteiger partial charge in [0.2, 0.25) is 0 Å². The summed E-state index contributed by atoms with van der Waals surface area (Å²) in [5.74, 6) is 0. The molecule has 0 radical (unpaired) electrons. The molecule has 0 bridgehead atoms. The number of amides is 2. The zero-order valence-corrected chi connectivity index (χ0v) is 16.3. The van der Waals surface area contributed by atoms with Gasteiger partial charge < -0.3 is 10.2 Å². The van der Waals surface area contributed by atoms with Crippen LogP contribution in [0.15, 0.2) is 24.3 Å². The van der Waals surface area contributed by atoms with Crippen molar-refractivity contribution in [2.75, 3.05) is 11.9 Å². The van der Waals surface area contributed by atoms with Crippen molar-refractivity contribution in [3.05, 3.63) is 29.3 Å². The Morgan fingerprint density at radius 2 is 2.08 bits per heavy atom. The van der Waals surface area contributed by atoms with Gasteiger partial charge in [0.1, 0.15) is 9.69 Å². The SMILES string of the molecule is CCCCN1C(=S)SC(N(O)C(=O)Nc2ccc(Cl)cc2)C1(C)C. The fraction of sp³-hybridized carbons (Fsp3) is 0.500. The number of hydrogen-bond donors (Lipinski definition) is 2. The topological polar surface area (TPSA) is 55.8 Å². The fourth-order valence-electron chi connectivity index (χ4n) is 2.54. The summed E-state index contributed by atoms with van der Waals surface area (Å²) in [5, 5.41) is 13.9. The number of urea groups is 1. The summed E-state index contributed by atoms with van der Waals surface area (Å²) < 4.78 is 0.705. The van der Waals surface area contributed by atoms with Gasteiger partial charge in [0, 0.05) is 17.3 Å². The zero-order valence-electron chi connectivity index (χ0n) is 14.0. The van der Waals surface area contributed by atoms with Crippen LogP contribution < -0.4 is 5.32 Å². The molecule has 2 amide bonds. The number of nitrogens with one attached hydrogen (secondary N) is 1. The quantitative estimate of drug-likeness (QED) is 0.431. The molecule has 1 atom stereocenters. The Kier molecular flexibility index (Phi) is 6.36. The molecule has 1 aromatic rings. The summed E-state index contributed by atoms with van der Waals surface area (Å²) in [5.41, 5.74) is 0.109. The third-order valence-corrected chi connectivity index (χ3v) is 6.18. The van der Waals surface area contributed by atoms with E-state index in [9.17, 15) is 10.0 Å². The molecular formula is C16H22ClN3O2S2. The molecule has 1 unspecified atom stereocenters. The molecule has 2 rings (SSSR count). The molecule has 0 aliphatic carbocycles. The van der Waals surface area contributed by atoms with Crippen molar-refractivity contribution in [3.63, 3.8) is 0 Å². The molecule has 0 aromatic heterocycles. The van der Waals surface area contributed by atoms with Crippen molar-refractivity contribution in [1.29, 1.82) is 0 Å². The minimum atomic E-state index is -0.594. The monoisotopic (exact) mass is 387 g/mol. The molecule has 5 nitrogen and oxygen atoms in total. The molecule has 1 heterocycles. The van der Waals surface area contributed by atoms with Gasteiger partial charge in [-0.25, -0.2) is 4.79 Å². The standard InChI is InChI=1S/C16H22ClN3O2S2/c1-4-5-10-19-15(23)24-13(16(19,2)3)20(22)14(21)18-12-8-6-11(17)7-9-12/h6-9,13,22H,4-5,10H2,1-3H3,(H,18,21). The molecule has 24 heavy (non-hydrogen) atoms. The van der Waals surface area contributed by atoms with Gasteiger partial charge in [-0.15, -0.1) is 0 Å². The van der Waals surface area contributed by atoms with E-state index in [0.717, 1.165) is 24.4 Å². The first-order chi connectivity index (χ1) is 11.3. The van der Waals surface area contributed by atoms with Gasteiger partial charge in [-0.05, 0) is 44.5 Å². The van der Waals surface area contributed by atoms with Crippen LogP contribution in [0.5, 0.6) is 0 Å². The Morgan fingerprint density at radius 1 is 1.46 bits per heavy atom. The van der Waals surface area contributed by atoms with Crippen LogP contribution in [-0.4, -0.2) is 43.0 Å². The summed E-state index contributed by atoms with van der Waals surface area (Å²) in [6.07, 6.45) is 2.07. The Morgan fingerprint density at radius 3 is 2.67 bits per heavy atom. The van der Waals surface area contributed by atoms with Crippen molar-refractivity contribution in [1.82, 2.24) is 9.96 Å². The van der Waals surface area contributed by atoms with E-state index in [2.05, 4.69) is 17.1 Å². The van der Waals surface area contributed by atoms with Crippen molar-refractivity contribution in [2.24, 2.45) is 0 Å². The molecule has 0 saturated carbocycles. The van der Waals surface area contributed by atoms with Crippen molar-refractivity contribution >= 4 is 51.6 Å². The lowest BCUT2D eigenvalue weighted by Gasteiger charge is -2.38. The number of benzene rings is 1. The lowest BCUT2D eigenvalue weighted by atomic mass is 10.0. The maximum absolute atomic E-state index is 12.4. The Labute approximate surface area is 157 Å². The second-order valence-electron chi connectivity index (χ2n) is 6.18. The van der Waals surface area contributed by atoms with Crippen LogP contribution in [0.25, 0.3) is 0 Å². The predicted octanol–water partition coefficient (Wildman–Crippen LogP) is 4.80. The number of thiocarbonyl (C=S) groups is 1. The first-order valence-corrected chi connectivity index (χ1v) is 9.47. The number of nitrogens with zero attached hydrogens (tertiary/aromatic N) is 2. The number of hydrogen-bond acceptors (Lipinski definition) is 4. The van der Waals surface area contributed by atoms with Crippen LogP contribution in [-0.2, 0) is 0 Å². The molecule has 0 spiro atoms. The molecular weight excluding hydrogens is 366 g/mol. The Bertz CT molecular complexity index is 610. The molecule has 1 saturated heterocycles. The van der Waals surface area contributed by atoms with Gasteiger partial charge in [0.15, 0.2) is 0 Å². The molecule has 1 aromatic carbocycles. The highest BCUT2D eigenvalue weighted by Crippen LogP contribution is 2.41. The first kappa shape index (κ1) is 19.3. The van der Waals surface area contributed by atoms with Gasteiger partial charge in [-0.2, -0.15) is 5.06 Å². The van der Waals surface area contributed by atoms with E-state index in [1.807, 2.05) is 13.8 Å². The number of unbranched alkanes of at least 4 members (excludes halogenated alkanes) is 1. The van der Waals surface area contributed by atoms with Crippen LogP contribution in [0.3, 0.4) is 0 Å². The van der Waals surface area contributed by atoms with E-state index in [4.69, 9.17) is 23.8 Å². The van der Waals surface area contributed by atoms with E-state index < -0.39 is 16.9 Å². The smallest absolute Gasteiger partial charge is 0.346 e. The normalized spacial score (nSPS) is 19.5. The highest BCUT2D eigenvalue weighted by molar-refractivity contribution is 8.23. The third-order valence-electron chi connectivity index (χ3n) is 3.99. The zero-order chi connectivity index (χ0) is 17.9. The van der Waals surface area contributed by atoms with Gasteiger partial charge in [-0.3, -0.25) is 5.21 Å². The molecule has 1 aliphatic rings. The second kappa shape index (κ2) is 7.91. The number of halogens is 1. The Balaban J connectivity index is 2.07. The predicted molar refractivity (Wildman–Crippen MR) is 104 cm³/mol. The van der Waals surface area contributed by atoms with Gasteiger partial charge in [-0.1, -0.05) is 48.9 Å². The summed E-state index contributed by atoms with van der Waals surface area (Å²) in [6.45, 7) is 6.91. The summed E-state index contributed by atoms with van der Waals surface area (Å²) in [7, 11) is 0. The fourth-order valence-corrected chi connectivity index (χ4v) is 4.52. The Hall–Kier alpha value is -1.02. The van der Waals surface area contributed by atoms with Crippen molar-refractivity contribution < 1.29 is 10.0 Å². The summed E-state index contributed by atoms with van der Waals surface area (Å²) in [6, 6.07) is 6.12. The lowest BCUT2D eigenvalue weighted by Crippen LogP contribution is -2.54. The largest absolute Gasteiger partial charge is 0.349 e. The summed E-state index contributed by atoms with van der Waals surface area (Å²) >= 11 is 12.6. The number of thioether (sulfide) groups is 1. The van der Waals surface area contributed by atoms with Gasteiger partial charge >= 0.3 is 6.03 Å². The highest BCUT2D eigenvalue weighted by Gasteiger charge is 2.49. The van der Waals surface area contributed by atoms with Crippen LogP contribution in [0.1, 0.15) is 33.6 Å². The lowest BCUT2D eigenvalue weighted by molar-refractivity contribution is -0.0734. The van der Waals surface area contributed by atoms with Gasteiger partial charge in [0.05, 0.1) is 5.54 Å². The van der Waals surface area contributed by atoms with Crippen molar-refractivity contribution in [2.45, 2.75) is 44.5 Å². The molecule has 8 heteroatoms. The van der Waals surface area contributed by atoms with Crippen LogP contribution in [0.2, 0.25) is 5.02 Å². The maximum atomic E-state index is 12.4. The van der Waals surface area contributed by atoms with Crippen LogP contribution in [0.4, 0.5) is 10.5 Å². The first-order valence-electron chi connectivity index (χ1n) is 7.80. The number of rotatable bonds is 5. The second-order valence-corrected chi connectivity index (χ2v) is 8.33. The minimum Gasteiger partial charge on any atom is -0.349 e. The average molecular weight is 388 g/mol. The number of carbonyl (C=O) groups excluding carboxylic acids is 1. The summed E-state index contributed by atoms with van der Waals surface area (Å²) in [4.78, 5) is 14.4. The molecule has 1 fully saturated rings. The minimum absolute atomic E-state index is 0.455. The molecule has 132 valence electrons. The van der Waals surface area contributed by atoms with Crippen LogP contribution in [0, 0.1) is 0 Å². The number of hydroxylamine groups is 2. The van der Waals surface area contributed by atoms with Gasteiger partial charge in [0.25, 0.3) is 0 Å². The van der Waals surface area contributed by atoms with E-state index >= 15 is 0 Å². The highest BCUT2D eigenvalue weighted by atomic mass is 35.5. The third kappa shape index (κ3) is 4.14.